The molecule has 1 aromatic carbocycles. The van der Waals surface area contributed by atoms with Gasteiger partial charge in [-0.05, 0) is 23.1 Å². The van der Waals surface area contributed by atoms with Gasteiger partial charge in [0.05, 0.1) is 4.99 Å². The lowest BCUT2D eigenvalue weighted by Crippen LogP contribution is -2.34. The molecule has 2 N–H and O–H groups in total. The van der Waals surface area contributed by atoms with Gasteiger partial charge in [0.15, 0.2) is 0 Å². The van der Waals surface area contributed by atoms with Crippen molar-refractivity contribution in [3.05, 3.63) is 48.0 Å². The largest absolute Gasteiger partial charge is 0.393 e. The first-order chi connectivity index (χ1) is 9.75. The van der Waals surface area contributed by atoms with Crippen molar-refractivity contribution < 1.29 is 4.79 Å². The van der Waals surface area contributed by atoms with Gasteiger partial charge in [-0.1, -0.05) is 51.2 Å². The zero-order valence-electron chi connectivity index (χ0n) is 13.1. The molecule has 0 aliphatic heterocycles. The first-order valence-corrected chi connectivity index (χ1v) is 7.45. The SMILES string of the molecule is C=CCN(CCC(N)=S)C(=O)c1ccc(C(C)(C)C)cc1. The van der Waals surface area contributed by atoms with Gasteiger partial charge in [0, 0.05) is 25.1 Å². The summed E-state index contributed by atoms with van der Waals surface area (Å²) in [6, 6.07) is 7.76. The van der Waals surface area contributed by atoms with E-state index in [9.17, 15) is 4.79 Å². The van der Waals surface area contributed by atoms with Crippen LogP contribution in [0.2, 0.25) is 0 Å². The van der Waals surface area contributed by atoms with Gasteiger partial charge in [0.2, 0.25) is 0 Å². The summed E-state index contributed by atoms with van der Waals surface area (Å²) in [6.07, 6.45) is 2.23. The summed E-state index contributed by atoms with van der Waals surface area (Å²) in [7, 11) is 0. The number of carbonyl (C=O) groups is 1. The standard InChI is InChI=1S/C17H24N2OS/c1-5-11-19(12-10-15(18)21)16(20)13-6-8-14(9-7-13)17(2,3)4/h5-9H,1,10-12H2,2-4H3,(H2,18,21). The zero-order chi connectivity index (χ0) is 16.0. The minimum atomic E-state index is -0.0217. The maximum Gasteiger partial charge on any atom is 0.254 e. The minimum absolute atomic E-state index is 0.0217. The highest BCUT2D eigenvalue weighted by Gasteiger charge is 2.17. The molecule has 0 radical (unpaired) electrons. The van der Waals surface area contributed by atoms with Crippen molar-refractivity contribution in [2.45, 2.75) is 32.6 Å². The number of hydrogen-bond donors (Lipinski definition) is 1. The van der Waals surface area contributed by atoms with E-state index in [2.05, 4.69) is 27.4 Å². The van der Waals surface area contributed by atoms with Gasteiger partial charge in [-0.15, -0.1) is 6.58 Å². The van der Waals surface area contributed by atoms with E-state index in [1.165, 1.54) is 5.56 Å². The highest BCUT2D eigenvalue weighted by Crippen LogP contribution is 2.22. The summed E-state index contributed by atoms with van der Waals surface area (Å²) >= 11 is 4.87. The zero-order valence-corrected chi connectivity index (χ0v) is 13.9. The monoisotopic (exact) mass is 304 g/mol. The van der Waals surface area contributed by atoms with Gasteiger partial charge in [0.25, 0.3) is 5.91 Å². The van der Waals surface area contributed by atoms with Gasteiger partial charge in [-0.25, -0.2) is 0 Å². The molecule has 0 atom stereocenters. The summed E-state index contributed by atoms with van der Waals surface area (Å²) in [4.78, 5) is 14.6. The van der Waals surface area contributed by atoms with Crippen LogP contribution >= 0.6 is 12.2 Å². The second kappa shape index (κ2) is 7.36. The van der Waals surface area contributed by atoms with E-state index < -0.39 is 0 Å². The number of carbonyl (C=O) groups excluding carboxylic acids is 1. The molecular weight excluding hydrogens is 280 g/mol. The van der Waals surface area contributed by atoms with E-state index >= 15 is 0 Å². The second-order valence-corrected chi connectivity index (χ2v) is 6.61. The number of amides is 1. The molecule has 0 unspecified atom stereocenters. The van der Waals surface area contributed by atoms with Crippen LogP contribution in [0.25, 0.3) is 0 Å². The average Bonchev–Trinajstić information content (AvgIpc) is 2.41. The number of benzene rings is 1. The Balaban J connectivity index is 2.88. The molecule has 0 fully saturated rings. The Morgan fingerprint density at radius 1 is 1.33 bits per heavy atom. The molecule has 1 aromatic rings. The number of nitrogens with zero attached hydrogens (tertiary/aromatic N) is 1. The molecule has 0 saturated carbocycles. The Morgan fingerprint density at radius 3 is 2.33 bits per heavy atom. The van der Waals surface area contributed by atoms with Crippen LogP contribution < -0.4 is 5.73 Å². The first kappa shape index (κ1) is 17.4. The Morgan fingerprint density at radius 2 is 1.90 bits per heavy atom. The average molecular weight is 304 g/mol. The lowest BCUT2D eigenvalue weighted by atomic mass is 9.86. The lowest BCUT2D eigenvalue weighted by Gasteiger charge is -2.22. The summed E-state index contributed by atoms with van der Waals surface area (Å²) < 4.78 is 0. The van der Waals surface area contributed by atoms with E-state index in [-0.39, 0.29) is 11.3 Å². The number of thiocarbonyl (C=S) groups is 1. The molecule has 21 heavy (non-hydrogen) atoms. The number of nitrogens with two attached hydrogens (primary N) is 1. The quantitative estimate of drug-likeness (QED) is 0.648. The summed E-state index contributed by atoms with van der Waals surface area (Å²) in [5.74, 6) is -0.0217. The molecule has 4 heteroatoms. The third-order valence-corrected chi connectivity index (χ3v) is 3.47. The minimum Gasteiger partial charge on any atom is -0.393 e. The van der Waals surface area contributed by atoms with E-state index in [0.29, 0.717) is 30.1 Å². The highest BCUT2D eigenvalue weighted by molar-refractivity contribution is 7.80. The van der Waals surface area contributed by atoms with Crippen molar-refractivity contribution in [1.82, 2.24) is 4.90 Å². The second-order valence-electron chi connectivity index (χ2n) is 6.08. The third kappa shape index (κ3) is 5.31. The molecule has 3 nitrogen and oxygen atoms in total. The van der Waals surface area contributed by atoms with E-state index in [1.54, 1.807) is 11.0 Å². The molecule has 1 amide bonds. The van der Waals surface area contributed by atoms with Crippen molar-refractivity contribution in [1.29, 1.82) is 0 Å². The Labute approximate surface area is 132 Å². The van der Waals surface area contributed by atoms with Gasteiger partial charge >= 0.3 is 0 Å². The van der Waals surface area contributed by atoms with Crippen molar-refractivity contribution in [3.8, 4) is 0 Å². The molecule has 0 aromatic heterocycles. The van der Waals surface area contributed by atoms with Crippen molar-refractivity contribution in [2.24, 2.45) is 5.73 Å². The van der Waals surface area contributed by atoms with E-state index in [1.807, 2.05) is 24.3 Å². The van der Waals surface area contributed by atoms with Gasteiger partial charge < -0.3 is 10.6 Å². The maximum absolute atomic E-state index is 12.5. The molecule has 114 valence electrons. The third-order valence-electron chi connectivity index (χ3n) is 3.26. The maximum atomic E-state index is 12.5. The smallest absolute Gasteiger partial charge is 0.254 e. The number of hydrogen-bond acceptors (Lipinski definition) is 2. The summed E-state index contributed by atoms with van der Waals surface area (Å²) in [5, 5.41) is 0. The Kier molecular flexibility index (Phi) is 6.09. The van der Waals surface area contributed by atoms with Crippen molar-refractivity contribution in [2.75, 3.05) is 13.1 Å². The first-order valence-electron chi connectivity index (χ1n) is 7.04. The van der Waals surface area contributed by atoms with Crippen LogP contribution in [-0.4, -0.2) is 28.9 Å². The van der Waals surface area contributed by atoms with Crippen LogP contribution in [-0.2, 0) is 5.41 Å². The molecule has 0 aliphatic carbocycles. The predicted molar refractivity (Wildman–Crippen MR) is 92.6 cm³/mol. The van der Waals surface area contributed by atoms with Crippen LogP contribution in [0.5, 0.6) is 0 Å². The van der Waals surface area contributed by atoms with E-state index in [4.69, 9.17) is 18.0 Å². The molecule has 0 bridgehead atoms. The fourth-order valence-electron chi connectivity index (χ4n) is 1.97. The lowest BCUT2D eigenvalue weighted by molar-refractivity contribution is 0.0778. The fourth-order valence-corrected chi connectivity index (χ4v) is 2.06. The van der Waals surface area contributed by atoms with Crippen LogP contribution in [0, 0.1) is 0 Å². The Bertz CT molecular complexity index is 515. The molecule has 0 saturated heterocycles. The summed E-state index contributed by atoms with van der Waals surface area (Å²) in [6.45, 7) is 11.1. The van der Waals surface area contributed by atoms with Gasteiger partial charge in [-0.3, -0.25) is 4.79 Å². The fraction of sp³-hybridized carbons (Fsp3) is 0.412. The molecule has 0 spiro atoms. The molecule has 1 rings (SSSR count). The van der Waals surface area contributed by atoms with Crippen molar-refractivity contribution in [3.63, 3.8) is 0 Å². The van der Waals surface area contributed by atoms with Gasteiger partial charge in [0.1, 0.15) is 0 Å². The topological polar surface area (TPSA) is 46.3 Å². The molecule has 0 heterocycles. The molecular formula is C17H24N2OS. The summed E-state index contributed by atoms with van der Waals surface area (Å²) in [5.41, 5.74) is 7.47. The van der Waals surface area contributed by atoms with E-state index in [0.717, 1.165) is 0 Å². The molecule has 0 aliphatic rings. The van der Waals surface area contributed by atoms with Gasteiger partial charge in [-0.2, -0.15) is 0 Å². The number of rotatable bonds is 6. The Hall–Kier alpha value is -1.68. The van der Waals surface area contributed by atoms with Crippen molar-refractivity contribution >= 4 is 23.1 Å². The predicted octanol–water partition coefficient (Wildman–Crippen LogP) is 3.29. The van der Waals surface area contributed by atoms with Crippen LogP contribution in [0.1, 0.15) is 43.1 Å². The van der Waals surface area contributed by atoms with Crippen LogP contribution in [0.4, 0.5) is 0 Å². The van der Waals surface area contributed by atoms with Crippen LogP contribution in [0.3, 0.4) is 0 Å². The highest BCUT2D eigenvalue weighted by atomic mass is 32.1. The normalized spacial score (nSPS) is 11.0. The van der Waals surface area contributed by atoms with Crippen LogP contribution in [0.15, 0.2) is 36.9 Å².